The van der Waals surface area contributed by atoms with Crippen molar-refractivity contribution < 1.29 is 13.9 Å². The fraction of sp³-hybridized carbons (Fsp3) is 0.379. The summed E-state index contributed by atoms with van der Waals surface area (Å²) in [7, 11) is 3.75. The number of aromatic nitrogens is 1. The number of hydrogen-bond acceptors (Lipinski definition) is 6. The largest absolute Gasteiger partial charge is 0.379 e. The van der Waals surface area contributed by atoms with Gasteiger partial charge in [-0.3, -0.25) is 9.69 Å². The number of benzene rings is 2. The standard InChI is InChI=1S/C25H29FN4O2S.C2H7N.C2H4/c1-18-13-22(7-8-23(18)26)28-25-30(10-9-27-17-31)24(16-33-25)21-5-3-20(4-6-21)14-29-11-12-32-15-19(29)2;1-3-2;1-2/h3-8,13,16-17,19H,9-12,14-15H2,1-2H3,(H,27,31);3H,1-2H3;1-2H2. The van der Waals surface area contributed by atoms with Crippen molar-refractivity contribution in [1.82, 2.24) is 20.1 Å². The lowest BCUT2D eigenvalue weighted by atomic mass is 10.1. The number of amides is 1. The first-order valence-electron chi connectivity index (χ1n) is 12.6. The van der Waals surface area contributed by atoms with E-state index in [4.69, 9.17) is 9.73 Å². The molecule has 206 valence electrons. The van der Waals surface area contributed by atoms with Gasteiger partial charge in [0.1, 0.15) is 5.82 Å². The highest BCUT2D eigenvalue weighted by Crippen LogP contribution is 2.23. The van der Waals surface area contributed by atoms with Crippen LogP contribution in [0.4, 0.5) is 10.1 Å². The summed E-state index contributed by atoms with van der Waals surface area (Å²) >= 11 is 1.53. The lowest BCUT2D eigenvalue weighted by Gasteiger charge is -2.33. The van der Waals surface area contributed by atoms with Crippen molar-refractivity contribution >= 4 is 23.4 Å². The Kier molecular flexibility index (Phi) is 13.7. The van der Waals surface area contributed by atoms with Gasteiger partial charge in [-0.05, 0) is 62.8 Å². The molecule has 3 aromatic rings. The first-order valence-corrected chi connectivity index (χ1v) is 13.5. The van der Waals surface area contributed by atoms with Crippen LogP contribution in [0.1, 0.15) is 18.1 Å². The molecule has 2 aromatic carbocycles. The molecule has 4 rings (SSSR count). The van der Waals surface area contributed by atoms with Crippen LogP contribution in [0.25, 0.3) is 11.3 Å². The number of halogens is 1. The lowest BCUT2D eigenvalue weighted by Crippen LogP contribution is -2.42. The Balaban J connectivity index is 0.000000947. The van der Waals surface area contributed by atoms with Crippen LogP contribution in [0.3, 0.4) is 0 Å². The van der Waals surface area contributed by atoms with Gasteiger partial charge in [-0.1, -0.05) is 24.3 Å². The average Bonchev–Trinajstić information content (AvgIpc) is 3.32. The molecule has 2 heterocycles. The van der Waals surface area contributed by atoms with Gasteiger partial charge in [-0.15, -0.1) is 24.5 Å². The van der Waals surface area contributed by atoms with Crippen LogP contribution in [0, 0.1) is 12.7 Å². The van der Waals surface area contributed by atoms with Crippen LogP contribution >= 0.6 is 11.3 Å². The van der Waals surface area contributed by atoms with Gasteiger partial charge in [0.15, 0.2) is 4.80 Å². The molecular formula is C29H40FN5O2S. The van der Waals surface area contributed by atoms with E-state index in [-0.39, 0.29) is 5.82 Å². The van der Waals surface area contributed by atoms with Crippen molar-refractivity contribution in [3.8, 4) is 11.3 Å². The van der Waals surface area contributed by atoms with Crippen LogP contribution in [0.5, 0.6) is 0 Å². The molecule has 1 saturated heterocycles. The van der Waals surface area contributed by atoms with Gasteiger partial charge in [-0.2, -0.15) is 0 Å². The summed E-state index contributed by atoms with van der Waals surface area (Å²) in [4.78, 5) is 18.8. The lowest BCUT2D eigenvalue weighted by molar-refractivity contribution is -0.109. The number of aryl methyl sites for hydroxylation is 1. The molecule has 38 heavy (non-hydrogen) atoms. The third-order valence-electron chi connectivity index (χ3n) is 5.87. The average molecular weight is 542 g/mol. The summed E-state index contributed by atoms with van der Waals surface area (Å²) in [5.41, 5.74) is 4.66. The molecule has 1 aromatic heterocycles. The summed E-state index contributed by atoms with van der Waals surface area (Å²) in [5.74, 6) is -0.240. The van der Waals surface area contributed by atoms with Crippen LogP contribution in [-0.4, -0.2) is 62.3 Å². The van der Waals surface area contributed by atoms with E-state index in [1.54, 1.807) is 19.1 Å². The Morgan fingerprint density at radius 3 is 2.55 bits per heavy atom. The molecule has 1 unspecified atom stereocenters. The van der Waals surface area contributed by atoms with Crippen LogP contribution in [0.2, 0.25) is 0 Å². The summed E-state index contributed by atoms with van der Waals surface area (Å²) < 4.78 is 21.3. The third-order valence-corrected chi connectivity index (χ3v) is 6.73. The first kappa shape index (κ1) is 31.1. The maximum absolute atomic E-state index is 13.7. The zero-order chi connectivity index (χ0) is 27.9. The molecule has 1 amide bonds. The van der Waals surface area contributed by atoms with Gasteiger partial charge in [-0.25, -0.2) is 9.38 Å². The maximum atomic E-state index is 13.7. The second-order valence-corrected chi connectivity index (χ2v) is 9.60. The van der Waals surface area contributed by atoms with E-state index >= 15 is 0 Å². The molecule has 0 bridgehead atoms. The van der Waals surface area contributed by atoms with E-state index in [1.807, 2.05) is 14.1 Å². The van der Waals surface area contributed by atoms with Crippen molar-refractivity contribution in [3.05, 3.63) is 82.7 Å². The predicted molar refractivity (Wildman–Crippen MR) is 155 cm³/mol. The maximum Gasteiger partial charge on any atom is 0.207 e. The number of nitrogens with zero attached hydrogens (tertiary/aromatic N) is 3. The zero-order valence-corrected chi connectivity index (χ0v) is 23.7. The van der Waals surface area contributed by atoms with E-state index in [2.05, 4.69) is 69.8 Å². The number of morpholine rings is 1. The highest BCUT2D eigenvalue weighted by Gasteiger charge is 2.18. The molecule has 0 saturated carbocycles. The molecule has 1 fully saturated rings. The van der Waals surface area contributed by atoms with Gasteiger partial charge in [0.2, 0.25) is 6.41 Å². The summed E-state index contributed by atoms with van der Waals surface area (Å²) in [6.07, 6.45) is 0.703. The molecule has 0 radical (unpaired) electrons. The minimum Gasteiger partial charge on any atom is -0.379 e. The summed E-state index contributed by atoms with van der Waals surface area (Å²) in [6.45, 7) is 14.4. The molecule has 7 nitrogen and oxygen atoms in total. The minimum absolute atomic E-state index is 0.240. The number of ether oxygens (including phenoxy) is 1. The van der Waals surface area contributed by atoms with Gasteiger partial charge in [0, 0.05) is 37.6 Å². The zero-order valence-electron chi connectivity index (χ0n) is 22.9. The quantitative estimate of drug-likeness (QED) is 0.250. The number of rotatable bonds is 8. The van der Waals surface area contributed by atoms with Gasteiger partial charge < -0.3 is 19.9 Å². The normalized spacial score (nSPS) is 15.6. The van der Waals surface area contributed by atoms with Crippen molar-refractivity contribution in [2.45, 2.75) is 33.0 Å². The molecule has 1 atom stereocenters. The van der Waals surface area contributed by atoms with Crippen LogP contribution in [0.15, 0.2) is 66.0 Å². The Bertz CT molecular complexity index is 1190. The number of hydrogen-bond donors (Lipinski definition) is 2. The number of thiazole rings is 1. The van der Waals surface area contributed by atoms with E-state index in [0.29, 0.717) is 36.8 Å². The SMILES string of the molecule is C=C.CNC.Cc1cc(N=c2scc(-c3ccc(CN4CCOCC4C)cc3)n2CCNC=O)ccc1F. The van der Waals surface area contributed by atoms with Gasteiger partial charge in [0.25, 0.3) is 0 Å². The number of nitrogens with one attached hydrogen (secondary N) is 2. The van der Waals surface area contributed by atoms with Gasteiger partial charge >= 0.3 is 0 Å². The van der Waals surface area contributed by atoms with E-state index in [9.17, 15) is 9.18 Å². The Labute approximate surface area is 229 Å². The fourth-order valence-corrected chi connectivity index (χ4v) is 4.88. The first-order chi connectivity index (χ1) is 18.5. The van der Waals surface area contributed by atoms with Crippen LogP contribution in [-0.2, 0) is 22.6 Å². The van der Waals surface area contributed by atoms with Crippen molar-refractivity contribution in [2.75, 3.05) is 40.4 Å². The molecule has 1 aliphatic rings. The second kappa shape index (κ2) is 16.7. The molecule has 0 aliphatic carbocycles. The Morgan fingerprint density at radius 1 is 1.21 bits per heavy atom. The van der Waals surface area contributed by atoms with Crippen molar-refractivity contribution in [1.29, 1.82) is 0 Å². The molecule has 9 heteroatoms. The predicted octanol–water partition coefficient (Wildman–Crippen LogP) is 4.50. The van der Waals surface area contributed by atoms with E-state index < -0.39 is 0 Å². The Morgan fingerprint density at radius 2 is 1.92 bits per heavy atom. The smallest absolute Gasteiger partial charge is 0.207 e. The minimum atomic E-state index is -0.240. The summed E-state index contributed by atoms with van der Waals surface area (Å²) in [5, 5.41) is 7.56. The number of carbonyl (C=O) groups excluding carboxylic acids is 1. The highest BCUT2D eigenvalue weighted by molar-refractivity contribution is 7.07. The van der Waals surface area contributed by atoms with E-state index in [0.717, 1.165) is 42.4 Å². The molecular weight excluding hydrogens is 501 g/mol. The highest BCUT2D eigenvalue weighted by atomic mass is 32.1. The van der Waals surface area contributed by atoms with Crippen LogP contribution < -0.4 is 15.4 Å². The van der Waals surface area contributed by atoms with Gasteiger partial charge in [0.05, 0.1) is 24.6 Å². The number of carbonyl (C=O) groups is 1. The van der Waals surface area contributed by atoms with Crippen molar-refractivity contribution in [2.24, 2.45) is 4.99 Å². The topological polar surface area (TPSA) is 70.9 Å². The monoisotopic (exact) mass is 541 g/mol. The fourth-order valence-electron chi connectivity index (χ4n) is 3.92. The summed E-state index contributed by atoms with van der Waals surface area (Å²) in [6, 6.07) is 13.9. The third kappa shape index (κ3) is 9.02. The van der Waals surface area contributed by atoms with E-state index in [1.165, 1.54) is 23.0 Å². The molecule has 2 N–H and O–H groups in total. The van der Waals surface area contributed by atoms with Crippen molar-refractivity contribution in [3.63, 3.8) is 0 Å². The Hall–Kier alpha value is -3.11. The molecule has 1 aliphatic heterocycles. The second-order valence-electron chi connectivity index (χ2n) is 8.76. The molecule has 0 spiro atoms.